The molecule has 0 bridgehead atoms. The summed E-state index contributed by atoms with van der Waals surface area (Å²) in [4.78, 5) is 26.4. The van der Waals surface area contributed by atoms with Crippen molar-refractivity contribution in [2.45, 2.75) is 56.3 Å². The van der Waals surface area contributed by atoms with Crippen LogP contribution in [0.15, 0.2) is 24.3 Å². The van der Waals surface area contributed by atoms with Crippen molar-refractivity contribution in [2.24, 2.45) is 11.8 Å². The summed E-state index contributed by atoms with van der Waals surface area (Å²) in [5, 5.41) is 18.2. The number of likely N-dealkylation sites (tertiary alicyclic amines) is 1. The van der Waals surface area contributed by atoms with Crippen LogP contribution in [-0.2, 0) is 9.59 Å². The number of nitrogens with zero attached hydrogens (tertiary/aromatic N) is 2. The Morgan fingerprint density at radius 3 is 2.45 bits per heavy atom. The first-order valence-electron chi connectivity index (χ1n) is 11.2. The van der Waals surface area contributed by atoms with Crippen LogP contribution in [0.4, 0.5) is 0 Å². The van der Waals surface area contributed by atoms with Crippen molar-refractivity contribution in [1.29, 1.82) is 0 Å². The molecular weight excluding hydrogens is 420 g/mol. The molecule has 1 saturated carbocycles. The van der Waals surface area contributed by atoms with Crippen molar-refractivity contribution in [3.05, 3.63) is 29.3 Å². The molecule has 3 heterocycles. The molecule has 170 valence electrons. The predicted octanol–water partition coefficient (Wildman–Crippen LogP) is 2.65. The molecule has 1 aromatic carbocycles. The Balaban J connectivity index is 0.000000730. The minimum absolute atomic E-state index is 0.219. The number of benzene rings is 1. The fraction of sp³-hybridized carbons (Fsp3) is 0.652. The van der Waals surface area contributed by atoms with Crippen LogP contribution in [0, 0.1) is 11.8 Å². The molecule has 5 rings (SSSR count). The zero-order valence-corrected chi connectivity index (χ0v) is 18.4. The van der Waals surface area contributed by atoms with Crippen LogP contribution < -0.4 is 4.74 Å². The molecule has 7 nitrogen and oxygen atoms in total. The smallest absolute Gasteiger partial charge is 0.290 e. The normalized spacial score (nSPS) is 31.4. The molecule has 0 aromatic heterocycles. The summed E-state index contributed by atoms with van der Waals surface area (Å²) >= 11 is 6.06. The first-order valence-corrected chi connectivity index (χ1v) is 11.6. The lowest BCUT2D eigenvalue weighted by atomic mass is 9.78. The SMILES string of the molecule is O=C(N1C[C@H]2C[C@@H](Oc3cccc(Cl)c3)[C@H](O)C[C@H]2C1)C12CCCN1CCC2.O=CO. The second kappa shape index (κ2) is 9.35. The number of hydrogen-bond donors (Lipinski definition) is 2. The lowest BCUT2D eigenvalue weighted by molar-refractivity contribution is -0.140. The van der Waals surface area contributed by atoms with Crippen molar-refractivity contribution in [3.8, 4) is 5.75 Å². The lowest BCUT2D eigenvalue weighted by Gasteiger charge is -2.35. The van der Waals surface area contributed by atoms with Gasteiger partial charge in [-0.2, -0.15) is 0 Å². The van der Waals surface area contributed by atoms with Crippen molar-refractivity contribution >= 4 is 24.0 Å². The Kier molecular flexibility index (Phi) is 6.74. The molecular formula is C23H31ClN2O5. The quantitative estimate of drug-likeness (QED) is 0.688. The standard InChI is InChI=1S/C22H29ClN2O3.CH2O2/c23-17-4-1-5-18(12-17)28-20-11-16-14-24(13-15(16)10-19(20)26)21(27)22-6-2-8-25(22)9-3-7-22;2-1-3/h1,4-5,12,15-16,19-20,26H,2-3,6-11,13-14H2;1H,(H,2,3)/t15-,16+,19+,20+;/m0./s1. The van der Waals surface area contributed by atoms with Gasteiger partial charge in [-0.05, 0) is 81.6 Å². The number of carboxylic acid groups (broad SMARTS) is 1. The molecule has 1 aliphatic carbocycles. The van der Waals surface area contributed by atoms with Gasteiger partial charge in [-0.15, -0.1) is 0 Å². The highest BCUT2D eigenvalue weighted by Crippen LogP contribution is 2.44. The van der Waals surface area contributed by atoms with Crippen molar-refractivity contribution in [1.82, 2.24) is 9.80 Å². The summed E-state index contributed by atoms with van der Waals surface area (Å²) in [5.74, 6) is 1.83. The fourth-order valence-electron chi connectivity index (χ4n) is 6.15. The minimum atomic E-state index is -0.497. The molecule has 0 radical (unpaired) electrons. The first kappa shape index (κ1) is 22.4. The largest absolute Gasteiger partial charge is 0.488 e. The van der Waals surface area contributed by atoms with Crippen LogP contribution in [0.25, 0.3) is 0 Å². The van der Waals surface area contributed by atoms with Crippen LogP contribution in [0.5, 0.6) is 5.75 Å². The fourth-order valence-corrected chi connectivity index (χ4v) is 6.33. The average molecular weight is 451 g/mol. The Morgan fingerprint density at radius 1 is 1.16 bits per heavy atom. The number of ether oxygens (including phenoxy) is 1. The van der Waals surface area contributed by atoms with E-state index in [0.29, 0.717) is 34.9 Å². The third kappa shape index (κ3) is 4.41. The maximum absolute atomic E-state index is 13.5. The van der Waals surface area contributed by atoms with E-state index in [1.54, 1.807) is 6.07 Å². The summed E-state index contributed by atoms with van der Waals surface area (Å²) in [6.45, 7) is 3.49. The Bertz CT molecular complexity index is 796. The van der Waals surface area contributed by atoms with Crippen LogP contribution in [0.3, 0.4) is 0 Å². The Morgan fingerprint density at radius 2 is 1.81 bits per heavy atom. The number of carbonyl (C=O) groups is 2. The van der Waals surface area contributed by atoms with E-state index in [9.17, 15) is 9.90 Å². The van der Waals surface area contributed by atoms with E-state index in [0.717, 1.165) is 58.3 Å². The number of amides is 1. The number of aliphatic hydroxyl groups is 1. The van der Waals surface area contributed by atoms with Gasteiger partial charge in [0.25, 0.3) is 6.47 Å². The van der Waals surface area contributed by atoms with Gasteiger partial charge >= 0.3 is 0 Å². The second-order valence-corrected chi connectivity index (χ2v) is 9.65. The van der Waals surface area contributed by atoms with Crippen molar-refractivity contribution in [3.63, 3.8) is 0 Å². The van der Waals surface area contributed by atoms with Crippen LogP contribution in [-0.4, -0.2) is 76.3 Å². The maximum Gasteiger partial charge on any atom is 0.290 e. The zero-order chi connectivity index (χ0) is 22.0. The summed E-state index contributed by atoms with van der Waals surface area (Å²) in [6, 6.07) is 7.35. The molecule has 0 spiro atoms. The maximum atomic E-state index is 13.5. The van der Waals surface area contributed by atoms with Gasteiger partial charge in [0.1, 0.15) is 17.4 Å². The van der Waals surface area contributed by atoms with Crippen molar-refractivity contribution < 1.29 is 24.5 Å². The highest BCUT2D eigenvalue weighted by atomic mass is 35.5. The lowest BCUT2D eigenvalue weighted by Crippen LogP contribution is -2.53. The molecule has 8 heteroatoms. The zero-order valence-electron chi connectivity index (χ0n) is 17.7. The van der Waals surface area contributed by atoms with Crippen LogP contribution in [0.2, 0.25) is 5.02 Å². The van der Waals surface area contributed by atoms with Gasteiger partial charge in [0.2, 0.25) is 5.91 Å². The van der Waals surface area contributed by atoms with Crippen LogP contribution >= 0.6 is 11.6 Å². The van der Waals surface area contributed by atoms with E-state index in [1.165, 1.54) is 0 Å². The van der Waals surface area contributed by atoms with Gasteiger partial charge in [0.15, 0.2) is 0 Å². The number of halogens is 1. The van der Waals surface area contributed by atoms with E-state index in [4.69, 9.17) is 26.2 Å². The second-order valence-electron chi connectivity index (χ2n) is 9.21. The van der Waals surface area contributed by atoms with E-state index < -0.39 is 6.10 Å². The number of rotatable bonds is 3. The summed E-state index contributed by atoms with van der Waals surface area (Å²) in [6.07, 6.45) is 5.07. The molecule has 4 fully saturated rings. The first-order chi connectivity index (χ1) is 15.0. The van der Waals surface area contributed by atoms with Gasteiger partial charge in [-0.1, -0.05) is 17.7 Å². The summed E-state index contributed by atoms with van der Waals surface area (Å²) < 4.78 is 6.07. The Hall–Kier alpha value is -1.83. The van der Waals surface area contributed by atoms with E-state index >= 15 is 0 Å². The highest BCUT2D eigenvalue weighted by Gasteiger charge is 2.54. The number of hydrogen-bond acceptors (Lipinski definition) is 5. The van der Waals surface area contributed by atoms with Gasteiger partial charge < -0.3 is 19.8 Å². The number of carbonyl (C=O) groups excluding carboxylic acids is 1. The van der Waals surface area contributed by atoms with Crippen LogP contribution in [0.1, 0.15) is 38.5 Å². The molecule has 4 atom stereocenters. The molecule has 1 amide bonds. The Labute approximate surface area is 187 Å². The van der Waals surface area contributed by atoms with Gasteiger partial charge in [-0.25, -0.2) is 0 Å². The van der Waals surface area contributed by atoms with E-state index in [2.05, 4.69) is 9.80 Å². The topological polar surface area (TPSA) is 90.3 Å². The molecule has 0 unspecified atom stereocenters. The third-order valence-electron chi connectivity index (χ3n) is 7.50. The average Bonchev–Trinajstić information content (AvgIpc) is 3.42. The molecule has 3 aliphatic heterocycles. The molecule has 3 saturated heterocycles. The number of aliphatic hydroxyl groups excluding tert-OH is 1. The summed E-state index contributed by atoms with van der Waals surface area (Å²) in [7, 11) is 0. The number of fused-ring (bicyclic) bond motifs is 2. The van der Waals surface area contributed by atoms with Gasteiger partial charge in [-0.3, -0.25) is 14.5 Å². The summed E-state index contributed by atoms with van der Waals surface area (Å²) in [5.41, 5.74) is -0.219. The van der Waals surface area contributed by atoms with E-state index in [1.807, 2.05) is 18.2 Å². The van der Waals surface area contributed by atoms with Gasteiger partial charge in [0, 0.05) is 18.1 Å². The highest BCUT2D eigenvalue weighted by molar-refractivity contribution is 6.30. The molecule has 2 N–H and O–H groups in total. The van der Waals surface area contributed by atoms with Crippen molar-refractivity contribution in [2.75, 3.05) is 26.2 Å². The van der Waals surface area contributed by atoms with E-state index in [-0.39, 0.29) is 18.1 Å². The monoisotopic (exact) mass is 450 g/mol. The third-order valence-corrected chi connectivity index (χ3v) is 7.73. The van der Waals surface area contributed by atoms with Gasteiger partial charge in [0.05, 0.1) is 6.10 Å². The predicted molar refractivity (Wildman–Crippen MR) is 116 cm³/mol. The molecule has 31 heavy (non-hydrogen) atoms. The minimum Gasteiger partial charge on any atom is -0.488 e. The molecule has 4 aliphatic rings. The molecule has 1 aromatic rings.